The van der Waals surface area contributed by atoms with Gasteiger partial charge in [0.1, 0.15) is 12.3 Å². The van der Waals surface area contributed by atoms with Gasteiger partial charge in [0.15, 0.2) is 14.1 Å². The van der Waals surface area contributed by atoms with Crippen LogP contribution in [0.1, 0.15) is 39.0 Å². The molecule has 11 nitrogen and oxygen atoms in total. The first-order chi connectivity index (χ1) is 17.7. The molecular weight excluding hydrogens is 621 g/mol. The van der Waals surface area contributed by atoms with Crippen molar-refractivity contribution in [1.82, 2.24) is 14.5 Å². The van der Waals surface area contributed by atoms with E-state index in [0.717, 1.165) is 0 Å². The first-order valence-electron chi connectivity index (χ1n) is 12.3. The quantitative estimate of drug-likeness (QED) is 0.0887. The van der Waals surface area contributed by atoms with Gasteiger partial charge in [-0.2, -0.15) is 4.98 Å². The van der Waals surface area contributed by atoms with Gasteiger partial charge in [0.2, 0.25) is 0 Å². The van der Waals surface area contributed by atoms with Gasteiger partial charge in [-0.15, -0.1) is 0 Å². The van der Waals surface area contributed by atoms with E-state index in [9.17, 15) is 14.9 Å². The van der Waals surface area contributed by atoms with E-state index in [-0.39, 0.29) is 17.3 Å². The van der Waals surface area contributed by atoms with Crippen LogP contribution >= 0.6 is 22.6 Å². The molecule has 0 radical (unpaired) electrons. The Labute approximate surface area is 237 Å². The topological polar surface area (TPSA) is 121 Å². The lowest BCUT2D eigenvalue weighted by atomic mass is 10.1. The SMILES string of the molecule is CN(C)/C=N/c1nc(=O)n([C@H]2CC(OCc3ccccc3[N+](=O)[O-])[C@@H](CO[Si](C)(C)C(C)(C)C)O2)cc1I. The summed E-state index contributed by atoms with van der Waals surface area (Å²) in [5.41, 5.74) is -0.00730. The van der Waals surface area contributed by atoms with Crippen LogP contribution in [0.4, 0.5) is 11.5 Å². The van der Waals surface area contributed by atoms with E-state index in [1.807, 2.05) is 14.1 Å². The van der Waals surface area contributed by atoms with Crippen LogP contribution in [0.25, 0.3) is 0 Å². The summed E-state index contributed by atoms with van der Waals surface area (Å²) >= 11 is 2.09. The third-order valence-electron chi connectivity index (χ3n) is 6.85. The number of hydrogen-bond acceptors (Lipinski definition) is 8. The largest absolute Gasteiger partial charge is 0.414 e. The van der Waals surface area contributed by atoms with Crippen molar-refractivity contribution in [2.24, 2.45) is 4.99 Å². The van der Waals surface area contributed by atoms with Crippen LogP contribution in [0, 0.1) is 13.7 Å². The van der Waals surface area contributed by atoms with Gasteiger partial charge in [-0.3, -0.25) is 14.7 Å². The van der Waals surface area contributed by atoms with Crippen molar-refractivity contribution < 1.29 is 18.8 Å². The molecular formula is C25H36IN5O6Si. The maximum absolute atomic E-state index is 12.9. The van der Waals surface area contributed by atoms with Gasteiger partial charge in [0.05, 0.1) is 39.7 Å². The Kier molecular flexibility index (Phi) is 9.84. The van der Waals surface area contributed by atoms with Crippen LogP contribution in [0.5, 0.6) is 0 Å². The highest BCUT2D eigenvalue weighted by atomic mass is 127. The minimum absolute atomic E-state index is 0.000814. The number of nitro benzene ring substituents is 1. The van der Waals surface area contributed by atoms with Crippen LogP contribution in [0.2, 0.25) is 18.1 Å². The molecule has 0 saturated carbocycles. The van der Waals surface area contributed by atoms with Crippen molar-refractivity contribution in [2.75, 3.05) is 20.7 Å². The molecule has 0 spiro atoms. The van der Waals surface area contributed by atoms with E-state index >= 15 is 0 Å². The zero-order valence-electron chi connectivity index (χ0n) is 22.9. The molecule has 3 atom stereocenters. The summed E-state index contributed by atoms with van der Waals surface area (Å²) < 4.78 is 21.1. The summed E-state index contributed by atoms with van der Waals surface area (Å²) in [6.45, 7) is 11.1. The molecule has 1 aliphatic rings. The zero-order chi connectivity index (χ0) is 28.3. The Morgan fingerprint density at radius 1 is 1.34 bits per heavy atom. The number of ether oxygens (including phenoxy) is 2. The van der Waals surface area contributed by atoms with Crippen LogP contribution in [-0.2, 0) is 20.5 Å². The molecule has 1 aliphatic heterocycles. The molecule has 1 fully saturated rings. The van der Waals surface area contributed by atoms with Gasteiger partial charge >= 0.3 is 5.69 Å². The van der Waals surface area contributed by atoms with E-state index in [1.54, 1.807) is 35.6 Å². The van der Waals surface area contributed by atoms with Gasteiger partial charge in [0, 0.05) is 32.8 Å². The van der Waals surface area contributed by atoms with Crippen LogP contribution in [0.3, 0.4) is 0 Å². The maximum atomic E-state index is 12.9. The molecule has 2 heterocycles. The lowest BCUT2D eigenvalue weighted by molar-refractivity contribution is -0.386. The monoisotopic (exact) mass is 657 g/mol. The molecule has 13 heteroatoms. The number of halogens is 1. The highest BCUT2D eigenvalue weighted by Crippen LogP contribution is 2.38. The van der Waals surface area contributed by atoms with Crippen molar-refractivity contribution in [3.05, 3.63) is 60.2 Å². The van der Waals surface area contributed by atoms with Crippen molar-refractivity contribution in [2.45, 2.75) is 70.4 Å². The fourth-order valence-electron chi connectivity index (χ4n) is 3.62. The highest BCUT2D eigenvalue weighted by Gasteiger charge is 2.42. The molecule has 1 saturated heterocycles. The normalized spacial score (nSPS) is 20.3. The Morgan fingerprint density at radius 3 is 2.66 bits per heavy atom. The summed E-state index contributed by atoms with van der Waals surface area (Å²) in [4.78, 5) is 34.1. The van der Waals surface area contributed by atoms with Gasteiger partial charge < -0.3 is 18.8 Å². The first-order valence-corrected chi connectivity index (χ1v) is 16.3. The van der Waals surface area contributed by atoms with E-state index in [0.29, 0.717) is 28.0 Å². The molecule has 1 unspecified atom stereocenters. The van der Waals surface area contributed by atoms with Crippen molar-refractivity contribution in [1.29, 1.82) is 0 Å². The molecule has 0 aliphatic carbocycles. The second-order valence-corrected chi connectivity index (χ2v) is 17.0. The minimum atomic E-state index is -2.09. The zero-order valence-corrected chi connectivity index (χ0v) is 26.0. The molecule has 3 rings (SSSR count). The number of aliphatic imine (C=N–C) groups is 1. The number of nitro groups is 1. The smallest absolute Gasteiger partial charge is 0.351 e. The number of hydrogen-bond donors (Lipinski definition) is 0. The molecule has 208 valence electrons. The maximum Gasteiger partial charge on any atom is 0.351 e. The number of rotatable bonds is 10. The van der Waals surface area contributed by atoms with E-state index in [2.05, 4.69) is 66.4 Å². The number of aromatic nitrogens is 2. The van der Waals surface area contributed by atoms with E-state index in [4.69, 9.17) is 13.9 Å². The number of para-hydroxylation sites is 1. The number of benzene rings is 1. The molecule has 2 aromatic rings. The number of nitrogens with zero attached hydrogens (tertiary/aromatic N) is 5. The fraction of sp³-hybridized carbons (Fsp3) is 0.560. The summed E-state index contributed by atoms with van der Waals surface area (Å²) in [7, 11) is 1.58. The van der Waals surface area contributed by atoms with Gasteiger partial charge in [-0.05, 0) is 46.8 Å². The van der Waals surface area contributed by atoms with Gasteiger partial charge in [-0.25, -0.2) is 9.79 Å². The fourth-order valence-corrected chi connectivity index (χ4v) is 5.19. The molecule has 1 aromatic heterocycles. The third kappa shape index (κ3) is 7.46. The predicted octanol–water partition coefficient (Wildman–Crippen LogP) is 4.87. The molecule has 1 aromatic carbocycles. The van der Waals surface area contributed by atoms with Crippen molar-refractivity contribution in [3.63, 3.8) is 0 Å². The average Bonchev–Trinajstić information content (AvgIpc) is 3.23. The summed E-state index contributed by atoms with van der Waals surface area (Å²) in [5.74, 6) is 0.334. The molecule has 0 bridgehead atoms. The van der Waals surface area contributed by atoms with Crippen molar-refractivity contribution >= 4 is 48.8 Å². The van der Waals surface area contributed by atoms with Crippen LogP contribution in [-0.4, -0.2) is 66.9 Å². The Bertz CT molecular complexity index is 1230. The molecule has 38 heavy (non-hydrogen) atoms. The highest BCUT2D eigenvalue weighted by molar-refractivity contribution is 14.1. The molecule has 0 amide bonds. The van der Waals surface area contributed by atoms with Crippen LogP contribution < -0.4 is 5.69 Å². The second-order valence-electron chi connectivity index (χ2n) is 11.0. The summed E-state index contributed by atoms with van der Waals surface area (Å²) in [6.07, 6.45) is 2.09. The van der Waals surface area contributed by atoms with Gasteiger partial charge in [-0.1, -0.05) is 32.9 Å². The Balaban J connectivity index is 1.85. The standard InChI is InChI=1S/C25H36IN5O6Si/c1-25(2,3)38(6,7)36-15-21-20(35-14-17-10-8-9-11-19(17)31(33)34)12-22(37-21)30-13-18(26)23(28-24(30)32)27-16-29(4)5/h8-11,13,16,20-22H,12,14-15H2,1-7H3/b27-16+/t20?,21-,22-/m1/s1. The first kappa shape index (κ1) is 30.3. The van der Waals surface area contributed by atoms with E-state index < -0.39 is 37.4 Å². The third-order valence-corrected chi connectivity index (χ3v) is 12.1. The predicted molar refractivity (Wildman–Crippen MR) is 156 cm³/mol. The second kappa shape index (κ2) is 12.3. The van der Waals surface area contributed by atoms with Gasteiger partial charge in [0.25, 0.3) is 5.69 Å². The molecule has 0 N–H and O–H groups in total. The Morgan fingerprint density at radius 2 is 2.03 bits per heavy atom. The summed E-state index contributed by atoms with van der Waals surface area (Å²) in [5, 5.41) is 11.5. The minimum Gasteiger partial charge on any atom is -0.414 e. The lowest BCUT2D eigenvalue weighted by Crippen LogP contribution is -2.44. The van der Waals surface area contributed by atoms with E-state index in [1.165, 1.54) is 10.6 Å². The van der Waals surface area contributed by atoms with Crippen LogP contribution in [0.15, 0.2) is 40.2 Å². The lowest BCUT2D eigenvalue weighted by Gasteiger charge is -2.37. The Hall–Kier alpha value is -2.20. The summed E-state index contributed by atoms with van der Waals surface area (Å²) in [6, 6.07) is 6.50. The average molecular weight is 658 g/mol. The van der Waals surface area contributed by atoms with Crippen molar-refractivity contribution in [3.8, 4) is 0 Å².